The predicted octanol–water partition coefficient (Wildman–Crippen LogP) is 3.77. The van der Waals surface area contributed by atoms with Crippen LogP contribution in [0.1, 0.15) is 28.3 Å². The molecule has 2 unspecified atom stereocenters. The quantitative estimate of drug-likeness (QED) is 0.875. The Morgan fingerprint density at radius 3 is 2.67 bits per heavy atom. The number of rotatable bonds is 6. The molecule has 0 bridgehead atoms. The highest BCUT2D eigenvalue weighted by Crippen LogP contribution is 2.29. The molecule has 0 aliphatic carbocycles. The maximum Gasteiger partial charge on any atom is 0.107 e. The van der Waals surface area contributed by atoms with Crippen LogP contribution in [0, 0.1) is 6.92 Å². The summed E-state index contributed by atoms with van der Waals surface area (Å²) in [4.78, 5) is 2.62. The van der Waals surface area contributed by atoms with Gasteiger partial charge in [-0.15, -0.1) is 22.7 Å². The summed E-state index contributed by atoms with van der Waals surface area (Å²) in [6, 6.07) is 6.36. The first-order chi connectivity index (χ1) is 8.68. The Morgan fingerprint density at radius 1 is 1.28 bits per heavy atom. The van der Waals surface area contributed by atoms with E-state index in [2.05, 4.69) is 35.9 Å². The van der Waals surface area contributed by atoms with Crippen LogP contribution in [0.25, 0.3) is 0 Å². The molecule has 2 aromatic rings. The van der Waals surface area contributed by atoms with Crippen LogP contribution in [0.2, 0.25) is 0 Å². The van der Waals surface area contributed by atoms with E-state index in [9.17, 15) is 0 Å². The predicted molar refractivity (Wildman–Crippen MR) is 79.4 cm³/mol. The van der Waals surface area contributed by atoms with Crippen LogP contribution >= 0.6 is 22.7 Å². The zero-order valence-corrected chi connectivity index (χ0v) is 12.4. The van der Waals surface area contributed by atoms with E-state index in [0.717, 1.165) is 13.0 Å². The maximum atomic E-state index is 6.04. The number of nitrogens with two attached hydrogens (primary N) is 1. The smallest absolute Gasteiger partial charge is 0.107 e. The lowest BCUT2D eigenvalue weighted by atomic mass is 10.1. The second kappa shape index (κ2) is 6.48. The Balaban J connectivity index is 1.93. The summed E-state index contributed by atoms with van der Waals surface area (Å²) in [6.45, 7) is 4.85. The van der Waals surface area contributed by atoms with Gasteiger partial charge in [-0.25, -0.2) is 0 Å². The van der Waals surface area contributed by atoms with Crippen molar-refractivity contribution in [2.45, 2.75) is 32.4 Å². The molecule has 0 aliphatic rings. The molecule has 2 aromatic heterocycles. The molecule has 0 amide bonds. The van der Waals surface area contributed by atoms with Gasteiger partial charge in [0.05, 0.1) is 6.61 Å². The Labute approximate surface area is 116 Å². The van der Waals surface area contributed by atoms with Gasteiger partial charge in [-0.1, -0.05) is 6.07 Å². The van der Waals surface area contributed by atoms with Crippen LogP contribution in [-0.4, -0.2) is 12.6 Å². The number of aryl methyl sites for hydroxylation is 1. The average molecular weight is 281 g/mol. The van der Waals surface area contributed by atoms with Gasteiger partial charge in [-0.3, -0.25) is 0 Å². The van der Waals surface area contributed by atoms with Crippen LogP contribution < -0.4 is 5.73 Å². The maximum absolute atomic E-state index is 6.04. The molecule has 0 aliphatic heterocycles. The Morgan fingerprint density at radius 2 is 2.11 bits per heavy atom. The molecular weight excluding hydrogens is 262 g/mol. The SMILES string of the molecule is Cc1ccsc1C(OCCc1cccs1)C(C)N. The zero-order valence-electron chi connectivity index (χ0n) is 10.8. The molecule has 0 fully saturated rings. The van der Waals surface area contributed by atoms with Gasteiger partial charge in [0.25, 0.3) is 0 Å². The normalized spacial score (nSPS) is 14.6. The van der Waals surface area contributed by atoms with Gasteiger partial charge in [0.2, 0.25) is 0 Å². The summed E-state index contributed by atoms with van der Waals surface area (Å²) in [7, 11) is 0. The minimum Gasteiger partial charge on any atom is -0.371 e. The highest BCUT2D eigenvalue weighted by atomic mass is 32.1. The van der Waals surface area contributed by atoms with Gasteiger partial charge in [0.1, 0.15) is 6.10 Å². The number of thiophene rings is 2. The third-order valence-corrected chi connectivity index (χ3v) is 4.88. The van der Waals surface area contributed by atoms with Gasteiger partial charge >= 0.3 is 0 Å². The lowest BCUT2D eigenvalue weighted by Crippen LogP contribution is -2.27. The molecular formula is C14H19NOS2. The molecule has 2 heterocycles. The topological polar surface area (TPSA) is 35.2 Å². The molecule has 98 valence electrons. The van der Waals surface area contributed by atoms with E-state index in [1.807, 2.05) is 6.92 Å². The number of hydrogen-bond donors (Lipinski definition) is 1. The lowest BCUT2D eigenvalue weighted by Gasteiger charge is -2.21. The zero-order chi connectivity index (χ0) is 13.0. The van der Waals surface area contributed by atoms with Gasteiger partial charge in [0.15, 0.2) is 0 Å². The molecule has 0 aromatic carbocycles. The molecule has 0 spiro atoms. The number of hydrogen-bond acceptors (Lipinski definition) is 4. The van der Waals surface area contributed by atoms with Gasteiger partial charge in [-0.05, 0) is 42.3 Å². The number of ether oxygens (including phenoxy) is 1. The van der Waals surface area contributed by atoms with Crippen LogP contribution in [0.5, 0.6) is 0 Å². The van der Waals surface area contributed by atoms with Crippen LogP contribution in [0.4, 0.5) is 0 Å². The van der Waals surface area contributed by atoms with Crippen LogP contribution in [0.3, 0.4) is 0 Å². The minimum absolute atomic E-state index is 0.0185. The summed E-state index contributed by atoms with van der Waals surface area (Å²) < 4.78 is 5.99. The van der Waals surface area contributed by atoms with Crippen molar-refractivity contribution in [2.75, 3.05) is 6.61 Å². The van der Waals surface area contributed by atoms with E-state index in [0.29, 0.717) is 0 Å². The molecule has 2 atom stereocenters. The molecule has 2 rings (SSSR count). The minimum atomic E-state index is 0.0185. The van der Waals surface area contributed by atoms with Crippen molar-refractivity contribution in [1.82, 2.24) is 0 Å². The largest absolute Gasteiger partial charge is 0.371 e. The molecule has 0 saturated carbocycles. The second-order valence-corrected chi connectivity index (χ2v) is 6.43. The van der Waals surface area contributed by atoms with Gasteiger partial charge in [-0.2, -0.15) is 0 Å². The Bertz CT molecular complexity index is 462. The van der Waals surface area contributed by atoms with E-state index in [4.69, 9.17) is 10.5 Å². The molecule has 18 heavy (non-hydrogen) atoms. The van der Waals surface area contributed by atoms with Crippen molar-refractivity contribution < 1.29 is 4.74 Å². The third-order valence-electron chi connectivity index (χ3n) is 2.86. The van der Waals surface area contributed by atoms with E-state index in [1.54, 1.807) is 22.7 Å². The Hall–Kier alpha value is -0.680. The average Bonchev–Trinajstić information content (AvgIpc) is 2.96. The van der Waals surface area contributed by atoms with E-state index < -0.39 is 0 Å². The van der Waals surface area contributed by atoms with Crippen LogP contribution in [0.15, 0.2) is 29.0 Å². The van der Waals surface area contributed by atoms with Crippen LogP contribution in [-0.2, 0) is 11.2 Å². The third kappa shape index (κ3) is 3.42. The van der Waals surface area contributed by atoms with Crippen molar-refractivity contribution in [3.05, 3.63) is 44.3 Å². The summed E-state index contributed by atoms with van der Waals surface area (Å²) in [5, 5.41) is 4.20. The highest BCUT2D eigenvalue weighted by Gasteiger charge is 2.19. The molecule has 0 radical (unpaired) electrons. The van der Waals surface area contributed by atoms with Crippen molar-refractivity contribution in [3.63, 3.8) is 0 Å². The first-order valence-electron chi connectivity index (χ1n) is 6.12. The lowest BCUT2D eigenvalue weighted by molar-refractivity contribution is 0.0427. The van der Waals surface area contributed by atoms with E-state index >= 15 is 0 Å². The summed E-state index contributed by atoms with van der Waals surface area (Å²) in [5.74, 6) is 0. The highest BCUT2D eigenvalue weighted by molar-refractivity contribution is 7.10. The monoisotopic (exact) mass is 281 g/mol. The van der Waals surface area contributed by atoms with E-state index in [-0.39, 0.29) is 12.1 Å². The van der Waals surface area contributed by atoms with Gasteiger partial charge in [0, 0.05) is 22.2 Å². The molecule has 0 saturated heterocycles. The summed E-state index contributed by atoms with van der Waals surface area (Å²) in [6.07, 6.45) is 0.982. The molecule has 4 heteroatoms. The fraction of sp³-hybridized carbons (Fsp3) is 0.429. The van der Waals surface area contributed by atoms with Crippen molar-refractivity contribution >= 4 is 22.7 Å². The van der Waals surface area contributed by atoms with Gasteiger partial charge < -0.3 is 10.5 Å². The fourth-order valence-electron chi connectivity index (χ4n) is 1.88. The standard InChI is InChI=1S/C14H19NOS2/c1-10-6-9-18-14(10)13(11(2)15)16-7-5-12-4-3-8-17-12/h3-4,6,8-9,11,13H,5,7,15H2,1-2H3. The first kappa shape index (κ1) is 13.7. The summed E-state index contributed by atoms with van der Waals surface area (Å²) >= 11 is 3.51. The Kier molecular flexibility index (Phi) is 4.95. The summed E-state index contributed by atoms with van der Waals surface area (Å²) in [5.41, 5.74) is 7.32. The molecule has 2 nitrogen and oxygen atoms in total. The fourth-order valence-corrected chi connectivity index (χ4v) is 3.66. The second-order valence-electron chi connectivity index (χ2n) is 4.45. The van der Waals surface area contributed by atoms with E-state index in [1.165, 1.54) is 15.3 Å². The van der Waals surface area contributed by atoms with Crippen molar-refractivity contribution in [1.29, 1.82) is 0 Å². The van der Waals surface area contributed by atoms with Crippen molar-refractivity contribution in [3.8, 4) is 0 Å². The first-order valence-corrected chi connectivity index (χ1v) is 7.88. The van der Waals surface area contributed by atoms with Crippen molar-refractivity contribution in [2.24, 2.45) is 5.73 Å². The molecule has 2 N–H and O–H groups in total.